The third-order valence-electron chi connectivity index (χ3n) is 5.11. The van der Waals surface area contributed by atoms with E-state index in [1.54, 1.807) is 6.07 Å². The van der Waals surface area contributed by atoms with Gasteiger partial charge in [0.1, 0.15) is 0 Å². The molecule has 0 spiro atoms. The molecule has 0 atom stereocenters. The van der Waals surface area contributed by atoms with Crippen LogP contribution in [0.2, 0.25) is 0 Å². The van der Waals surface area contributed by atoms with Gasteiger partial charge in [0.25, 0.3) is 0 Å². The number of hydrogen-bond donors (Lipinski definition) is 1. The van der Waals surface area contributed by atoms with E-state index in [2.05, 4.69) is 18.7 Å². The minimum atomic E-state index is -0.827. The quantitative estimate of drug-likeness (QED) is 0.899. The molecule has 1 aromatic carbocycles. The molecule has 3 nitrogen and oxygen atoms in total. The number of nitrogens with zero attached hydrogens (tertiary/aromatic N) is 1. The summed E-state index contributed by atoms with van der Waals surface area (Å²) < 4.78 is 0. The molecule has 20 heavy (non-hydrogen) atoms. The van der Waals surface area contributed by atoms with Crippen molar-refractivity contribution in [1.82, 2.24) is 0 Å². The molecule has 1 fully saturated rings. The molecule has 0 bridgehead atoms. The van der Waals surface area contributed by atoms with Crippen molar-refractivity contribution in [2.75, 3.05) is 18.0 Å². The van der Waals surface area contributed by atoms with Crippen LogP contribution in [0, 0.1) is 12.3 Å². The number of hydrogen-bond acceptors (Lipinski definition) is 2. The maximum Gasteiger partial charge on any atom is 0.337 e. The van der Waals surface area contributed by atoms with Crippen LogP contribution in [-0.4, -0.2) is 24.2 Å². The maximum absolute atomic E-state index is 11.4. The van der Waals surface area contributed by atoms with Gasteiger partial charge in [0.05, 0.1) is 11.3 Å². The Morgan fingerprint density at radius 3 is 2.35 bits per heavy atom. The fourth-order valence-electron chi connectivity index (χ4n) is 3.41. The van der Waals surface area contributed by atoms with Gasteiger partial charge < -0.3 is 10.0 Å². The van der Waals surface area contributed by atoms with Crippen molar-refractivity contribution in [2.24, 2.45) is 5.41 Å². The summed E-state index contributed by atoms with van der Waals surface area (Å²) in [7, 11) is 0. The number of piperidine rings is 1. The predicted octanol–water partition coefficient (Wildman–Crippen LogP) is 4.10. The highest BCUT2D eigenvalue weighted by Crippen LogP contribution is 2.40. The highest BCUT2D eigenvalue weighted by molar-refractivity contribution is 5.95. The number of rotatable bonds is 4. The van der Waals surface area contributed by atoms with Gasteiger partial charge in [-0.3, -0.25) is 0 Å². The van der Waals surface area contributed by atoms with E-state index in [9.17, 15) is 9.90 Å². The Balaban J connectivity index is 2.25. The van der Waals surface area contributed by atoms with E-state index in [4.69, 9.17) is 0 Å². The second kappa shape index (κ2) is 5.86. The van der Waals surface area contributed by atoms with Crippen LogP contribution < -0.4 is 4.90 Å². The largest absolute Gasteiger partial charge is 0.478 e. The molecular weight excluding hydrogens is 250 g/mol. The minimum absolute atomic E-state index is 0.436. The van der Waals surface area contributed by atoms with Gasteiger partial charge in [-0.15, -0.1) is 0 Å². The smallest absolute Gasteiger partial charge is 0.337 e. The Hall–Kier alpha value is -1.51. The molecule has 1 heterocycles. The number of para-hydroxylation sites is 1. The molecule has 1 aliphatic heterocycles. The van der Waals surface area contributed by atoms with E-state index < -0.39 is 5.97 Å². The number of benzene rings is 1. The number of anilines is 1. The van der Waals surface area contributed by atoms with Crippen LogP contribution in [-0.2, 0) is 0 Å². The SMILES string of the molecule is CCC1(CC)CCN(c2c(C)cccc2C(=O)O)CC1. The van der Waals surface area contributed by atoms with Gasteiger partial charge in [-0.2, -0.15) is 0 Å². The molecule has 1 aromatic rings. The van der Waals surface area contributed by atoms with Crippen LogP contribution in [0.5, 0.6) is 0 Å². The lowest BCUT2D eigenvalue weighted by Gasteiger charge is -2.42. The third kappa shape index (κ3) is 2.67. The Morgan fingerprint density at radius 1 is 1.25 bits per heavy atom. The summed E-state index contributed by atoms with van der Waals surface area (Å²) in [4.78, 5) is 13.7. The van der Waals surface area contributed by atoms with E-state index in [1.807, 2.05) is 19.1 Å². The average molecular weight is 275 g/mol. The summed E-state index contributed by atoms with van der Waals surface area (Å²) in [5.74, 6) is -0.827. The molecule has 0 amide bonds. The highest BCUT2D eigenvalue weighted by Gasteiger charge is 2.32. The van der Waals surface area contributed by atoms with Crippen LogP contribution in [0.15, 0.2) is 18.2 Å². The third-order valence-corrected chi connectivity index (χ3v) is 5.11. The number of aromatic carboxylic acids is 1. The Bertz CT molecular complexity index is 482. The number of carboxylic acid groups (broad SMARTS) is 1. The number of carbonyl (C=O) groups is 1. The minimum Gasteiger partial charge on any atom is -0.478 e. The molecule has 110 valence electrons. The zero-order valence-electron chi connectivity index (χ0n) is 12.8. The van der Waals surface area contributed by atoms with Gasteiger partial charge in [0.15, 0.2) is 0 Å². The summed E-state index contributed by atoms with van der Waals surface area (Å²) in [5, 5.41) is 9.39. The Labute approximate surface area is 121 Å². The predicted molar refractivity (Wildman–Crippen MR) is 82.6 cm³/mol. The zero-order chi connectivity index (χ0) is 14.8. The first-order valence-corrected chi connectivity index (χ1v) is 7.61. The lowest BCUT2D eigenvalue weighted by Crippen LogP contribution is -2.40. The van der Waals surface area contributed by atoms with Crippen LogP contribution in [0.1, 0.15) is 55.5 Å². The highest BCUT2D eigenvalue weighted by atomic mass is 16.4. The van der Waals surface area contributed by atoms with E-state index in [-0.39, 0.29) is 0 Å². The molecule has 2 rings (SSSR count). The average Bonchev–Trinajstić information content (AvgIpc) is 2.47. The van der Waals surface area contributed by atoms with Crippen LogP contribution >= 0.6 is 0 Å². The first kappa shape index (κ1) is 14.9. The molecule has 0 aromatic heterocycles. The molecule has 0 unspecified atom stereocenters. The Morgan fingerprint density at radius 2 is 1.85 bits per heavy atom. The summed E-state index contributed by atoms with van der Waals surface area (Å²) in [6, 6.07) is 5.55. The van der Waals surface area contributed by atoms with Crippen molar-refractivity contribution < 1.29 is 9.90 Å². The summed E-state index contributed by atoms with van der Waals surface area (Å²) in [5.41, 5.74) is 2.87. The fourth-order valence-corrected chi connectivity index (χ4v) is 3.41. The van der Waals surface area contributed by atoms with Gasteiger partial charge in [-0.25, -0.2) is 4.79 Å². The number of aryl methyl sites for hydroxylation is 1. The van der Waals surface area contributed by atoms with Crippen molar-refractivity contribution in [3.63, 3.8) is 0 Å². The van der Waals surface area contributed by atoms with E-state index in [1.165, 1.54) is 12.8 Å². The summed E-state index contributed by atoms with van der Waals surface area (Å²) >= 11 is 0. The molecule has 1 saturated heterocycles. The molecule has 1 aliphatic rings. The molecule has 3 heteroatoms. The van der Waals surface area contributed by atoms with E-state index in [0.717, 1.165) is 37.2 Å². The van der Waals surface area contributed by atoms with Crippen molar-refractivity contribution >= 4 is 11.7 Å². The van der Waals surface area contributed by atoms with Crippen molar-refractivity contribution in [3.8, 4) is 0 Å². The van der Waals surface area contributed by atoms with Gasteiger partial charge >= 0.3 is 5.97 Å². The van der Waals surface area contributed by atoms with Crippen LogP contribution in [0.25, 0.3) is 0 Å². The van der Waals surface area contributed by atoms with Crippen LogP contribution in [0.4, 0.5) is 5.69 Å². The lowest BCUT2D eigenvalue weighted by atomic mass is 9.74. The molecular formula is C17H25NO2. The Kier molecular flexibility index (Phi) is 4.36. The molecule has 0 saturated carbocycles. The summed E-state index contributed by atoms with van der Waals surface area (Å²) in [6.45, 7) is 8.48. The summed E-state index contributed by atoms with van der Waals surface area (Å²) in [6.07, 6.45) is 4.76. The fraction of sp³-hybridized carbons (Fsp3) is 0.588. The topological polar surface area (TPSA) is 40.5 Å². The van der Waals surface area contributed by atoms with Gasteiger partial charge in [-0.1, -0.05) is 38.8 Å². The maximum atomic E-state index is 11.4. The van der Waals surface area contributed by atoms with Crippen molar-refractivity contribution in [1.29, 1.82) is 0 Å². The van der Waals surface area contributed by atoms with Gasteiger partial charge in [-0.05, 0) is 36.8 Å². The van der Waals surface area contributed by atoms with Crippen molar-refractivity contribution in [2.45, 2.75) is 46.5 Å². The second-order valence-corrected chi connectivity index (χ2v) is 5.97. The molecule has 0 aliphatic carbocycles. The van der Waals surface area contributed by atoms with Crippen molar-refractivity contribution in [3.05, 3.63) is 29.3 Å². The van der Waals surface area contributed by atoms with Gasteiger partial charge in [0.2, 0.25) is 0 Å². The van der Waals surface area contributed by atoms with Crippen LogP contribution in [0.3, 0.4) is 0 Å². The second-order valence-electron chi connectivity index (χ2n) is 5.97. The van der Waals surface area contributed by atoms with Gasteiger partial charge in [0, 0.05) is 13.1 Å². The zero-order valence-corrected chi connectivity index (χ0v) is 12.8. The molecule has 1 N–H and O–H groups in total. The lowest BCUT2D eigenvalue weighted by molar-refractivity contribution is 0.0697. The normalized spacial score (nSPS) is 18.1. The van der Waals surface area contributed by atoms with E-state index >= 15 is 0 Å². The monoisotopic (exact) mass is 275 g/mol. The first-order valence-electron chi connectivity index (χ1n) is 7.61. The first-order chi connectivity index (χ1) is 9.53. The van der Waals surface area contributed by atoms with E-state index in [0.29, 0.717) is 11.0 Å². The standard InChI is InChI=1S/C17H25NO2/c1-4-17(5-2)9-11-18(12-10-17)15-13(3)7-6-8-14(15)16(19)20/h6-8H,4-5,9-12H2,1-3H3,(H,19,20). The molecule has 0 radical (unpaired) electrons. The number of carboxylic acids is 1.